The van der Waals surface area contributed by atoms with Gasteiger partial charge >= 0.3 is 0 Å². The topological polar surface area (TPSA) is 114 Å². The summed E-state index contributed by atoms with van der Waals surface area (Å²) in [5.41, 5.74) is 3.44. The van der Waals surface area contributed by atoms with Crippen molar-refractivity contribution in [2.75, 3.05) is 17.7 Å². The Labute approximate surface area is 171 Å². The molecule has 0 fully saturated rings. The number of anilines is 4. The Bertz CT molecular complexity index is 1130. The van der Waals surface area contributed by atoms with Crippen LogP contribution in [0.5, 0.6) is 5.75 Å². The number of aryl methyl sites for hydroxylation is 1. The summed E-state index contributed by atoms with van der Waals surface area (Å²) in [4.78, 5) is 8.75. The van der Waals surface area contributed by atoms with Crippen LogP contribution in [0.15, 0.2) is 48.7 Å². The second-order valence-electron chi connectivity index (χ2n) is 6.11. The van der Waals surface area contributed by atoms with Crippen molar-refractivity contribution in [1.82, 2.24) is 30.6 Å². The molecule has 0 aliphatic heterocycles. The minimum Gasteiger partial charge on any atom is -0.495 e. The fourth-order valence-corrected chi connectivity index (χ4v) is 2.83. The van der Waals surface area contributed by atoms with E-state index in [2.05, 4.69) is 41.2 Å². The highest BCUT2D eigenvalue weighted by atomic mass is 35.5. The number of ether oxygens (including phenoxy) is 1. The number of hydrogen-bond acceptors (Lipinski definition) is 8. The van der Waals surface area contributed by atoms with E-state index >= 15 is 0 Å². The summed E-state index contributed by atoms with van der Waals surface area (Å²) >= 11 is 6.28. The van der Waals surface area contributed by atoms with Crippen LogP contribution < -0.4 is 15.4 Å². The van der Waals surface area contributed by atoms with Crippen molar-refractivity contribution in [2.24, 2.45) is 0 Å². The van der Waals surface area contributed by atoms with Gasteiger partial charge < -0.3 is 15.4 Å². The third kappa shape index (κ3) is 4.09. The minimum absolute atomic E-state index is 0.371. The Kier molecular flexibility index (Phi) is 5.21. The van der Waals surface area contributed by atoms with Crippen LogP contribution in [0.2, 0.25) is 5.02 Å². The summed E-state index contributed by atoms with van der Waals surface area (Å²) < 4.78 is 5.48. The van der Waals surface area contributed by atoms with Gasteiger partial charge in [0.2, 0.25) is 11.8 Å². The number of benzene rings is 2. The maximum atomic E-state index is 6.28. The number of methoxy groups -OCH3 is 1. The van der Waals surface area contributed by atoms with Gasteiger partial charge in [-0.2, -0.15) is 10.2 Å². The Hall–Kier alpha value is -3.72. The first-order chi connectivity index (χ1) is 14.1. The molecule has 2 heterocycles. The SMILES string of the molecule is COc1cc(-c2nn[nH]n2)ccc1Nc1ncc(Cl)c(Nc2ccccc2C)n1. The molecule has 0 spiro atoms. The zero-order chi connectivity index (χ0) is 20.2. The van der Waals surface area contributed by atoms with Gasteiger partial charge in [0.15, 0.2) is 5.82 Å². The molecule has 146 valence electrons. The van der Waals surface area contributed by atoms with Crippen LogP contribution in [0, 0.1) is 6.92 Å². The zero-order valence-corrected chi connectivity index (χ0v) is 16.4. The molecular formula is C19H17ClN8O. The van der Waals surface area contributed by atoms with Crippen LogP contribution in [0.25, 0.3) is 11.4 Å². The average molecular weight is 409 g/mol. The van der Waals surface area contributed by atoms with E-state index in [1.807, 2.05) is 43.3 Å². The smallest absolute Gasteiger partial charge is 0.229 e. The molecule has 0 aliphatic rings. The van der Waals surface area contributed by atoms with E-state index < -0.39 is 0 Å². The monoisotopic (exact) mass is 408 g/mol. The average Bonchev–Trinajstić information content (AvgIpc) is 3.27. The number of halogens is 1. The van der Waals surface area contributed by atoms with E-state index in [1.165, 1.54) is 6.20 Å². The molecule has 0 aliphatic carbocycles. The molecule has 3 N–H and O–H groups in total. The van der Waals surface area contributed by atoms with Crippen LogP contribution in [0.3, 0.4) is 0 Å². The molecule has 0 saturated heterocycles. The summed E-state index contributed by atoms with van der Waals surface area (Å²) in [7, 11) is 1.58. The van der Waals surface area contributed by atoms with Crippen LogP contribution in [0.4, 0.5) is 23.1 Å². The van der Waals surface area contributed by atoms with E-state index in [9.17, 15) is 0 Å². The van der Waals surface area contributed by atoms with Crippen molar-refractivity contribution in [1.29, 1.82) is 0 Å². The molecule has 0 unspecified atom stereocenters. The first-order valence-electron chi connectivity index (χ1n) is 8.68. The van der Waals surface area contributed by atoms with Gasteiger partial charge in [0.05, 0.1) is 19.0 Å². The highest BCUT2D eigenvalue weighted by Crippen LogP contribution is 2.32. The number of H-pyrrole nitrogens is 1. The highest BCUT2D eigenvalue weighted by molar-refractivity contribution is 6.32. The number of hydrogen-bond donors (Lipinski definition) is 3. The molecule has 9 nitrogen and oxygen atoms in total. The quantitative estimate of drug-likeness (QED) is 0.436. The zero-order valence-electron chi connectivity index (χ0n) is 15.6. The number of aromatic nitrogens is 6. The summed E-state index contributed by atoms with van der Waals surface area (Å²) in [5.74, 6) is 1.93. The standard InChI is InChI=1S/C19H17ClN8O/c1-11-5-3-4-6-14(11)22-18-13(20)10-21-19(24-18)23-15-8-7-12(9-16(15)29-2)17-25-27-28-26-17/h3-10H,1-2H3,(H2,21,22,23,24)(H,25,26,27,28). The lowest BCUT2D eigenvalue weighted by atomic mass is 10.2. The summed E-state index contributed by atoms with van der Waals surface area (Å²) in [6.45, 7) is 2.01. The molecule has 2 aromatic carbocycles. The van der Waals surface area contributed by atoms with Gasteiger partial charge in [0, 0.05) is 11.3 Å². The lowest BCUT2D eigenvalue weighted by Crippen LogP contribution is -2.03. The van der Waals surface area contributed by atoms with Crippen LogP contribution in [-0.4, -0.2) is 37.7 Å². The molecule has 4 rings (SSSR count). The molecule has 0 saturated carbocycles. The van der Waals surface area contributed by atoms with Crippen LogP contribution in [0.1, 0.15) is 5.56 Å². The Morgan fingerprint density at radius 2 is 1.93 bits per heavy atom. The first-order valence-corrected chi connectivity index (χ1v) is 9.06. The van der Waals surface area contributed by atoms with Crippen molar-refractivity contribution in [2.45, 2.75) is 6.92 Å². The van der Waals surface area contributed by atoms with Crippen molar-refractivity contribution in [3.63, 3.8) is 0 Å². The minimum atomic E-state index is 0.371. The lowest BCUT2D eigenvalue weighted by Gasteiger charge is -2.13. The normalized spacial score (nSPS) is 10.6. The van der Waals surface area contributed by atoms with E-state index in [0.717, 1.165) is 16.8 Å². The van der Waals surface area contributed by atoms with E-state index in [1.54, 1.807) is 13.2 Å². The van der Waals surface area contributed by atoms with Crippen molar-refractivity contribution >= 4 is 34.7 Å². The third-order valence-corrected chi connectivity index (χ3v) is 4.47. The van der Waals surface area contributed by atoms with Gasteiger partial charge in [-0.3, -0.25) is 0 Å². The van der Waals surface area contributed by atoms with Crippen LogP contribution in [-0.2, 0) is 0 Å². The van der Waals surface area contributed by atoms with Gasteiger partial charge in [-0.25, -0.2) is 4.98 Å². The lowest BCUT2D eigenvalue weighted by molar-refractivity contribution is 0.417. The number of tetrazole rings is 1. The fourth-order valence-electron chi connectivity index (χ4n) is 2.69. The molecule has 0 atom stereocenters. The van der Waals surface area contributed by atoms with E-state index in [0.29, 0.717) is 34.1 Å². The first kappa shape index (κ1) is 18.6. The summed E-state index contributed by atoms with van der Waals surface area (Å²) in [5, 5.41) is 20.8. The van der Waals surface area contributed by atoms with Crippen molar-refractivity contribution < 1.29 is 4.74 Å². The summed E-state index contributed by atoms with van der Waals surface area (Å²) in [6, 6.07) is 13.4. The fraction of sp³-hybridized carbons (Fsp3) is 0.105. The number of rotatable bonds is 6. The molecule has 0 radical (unpaired) electrons. The molecule has 0 bridgehead atoms. The Morgan fingerprint density at radius 1 is 1.07 bits per heavy atom. The molecular weight excluding hydrogens is 392 g/mol. The second-order valence-corrected chi connectivity index (χ2v) is 6.51. The molecule has 4 aromatic rings. The van der Waals surface area contributed by atoms with E-state index in [4.69, 9.17) is 16.3 Å². The van der Waals surface area contributed by atoms with Gasteiger partial charge in [0.1, 0.15) is 10.8 Å². The maximum Gasteiger partial charge on any atom is 0.229 e. The molecule has 29 heavy (non-hydrogen) atoms. The van der Waals surface area contributed by atoms with Crippen molar-refractivity contribution in [3.8, 4) is 17.1 Å². The molecule has 0 amide bonds. The van der Waals surface area contributed by atoms with Gasteiger partial charge in [-0.05, 0) is 42.0 Å². The maximum absolute atomic E-state index is 6.28. The van der Waals surface area contributed by atoms with Crippen LogP contribution >= 0.6 is 11.6 Å². The third-order valence-electron chi connectivity index (χ3n) is 4.19. The molecule has 2 aromatic heterocycles. The van der Waals surface area contributed by atoms with Gasteiger partial charge in [-0.15, -0.1) is 10.2 Å². The predicted octanol–water partition coefficient (Wildman–Crippen LogP) is 4.11. The van der Waals surface area contributed by atoms with Gasteiger partial charge in [0.25, 0.3) is 0 Å². The summed E-state index contributed by atoms with van der Waals surface area (Å²) in [6.07, 6.45) is 1.54. The molecule has 10 heteroatoms. The van der Waals surface area contributed by atoms with E-state index in [-0.39, 0.29) is 0 Å². The number of nitrogens with one attached hydrogen (secondary N) is 3. The predicted molar refractivity (Wildman–Crippen MR) is 111 cm³/mol. The Balaban J connectivity index is 1.60. The largest absolute Gasteiger partial charge is 0.495 e. The number of nitrogens with zero attached hydrogens (tertiary/aromatic N) is 5. The Morgan fingerprint density at radius 3 is 2.69 bits per heavy atom. The second kappa shape index (κ2) is 8.11. The van der Waals surface area contributed by atoms with Gasteiger partial charge in [-0.1, -0.05) is 29.8 Å². The highest BCUT2D eigenvalue weighted by Gasteiger charge is 2.12. The van der Waals surface area contributed by atoms with Crippen molar-refractivity contribution in [3.05, 3.63) is 59.2 Å². The number of para-hydroxylation sites is 1. The number of aromatic amines is 1.